The minimum Gasteiger partial charge on any atom is -0.277 e. The highest BCUT2D eigenvalue weighted by atomic mass is 127. The Morgan fingerprint density at radius 2 is 2.00 bits per heavy atom. The number of amidine groups is 1. The second-order valence-corrected chi connectivity index (χ2v) is 2.93. The highest BCUT2D eigenvalue weighted by Gasteiger charge is 1.92. The zero-order valence-corrected chi connectivity index (χ0v) is 10.9. The Bertz CT molecular complexity index is 313. The number of nitrogens with zero attached hydrogens (tertiary/aromatic N) is 2. The number of nitrogens with one attached hydrogen (secondary N) is 1. The molecule has 0 radical (unpaired) electrons. The molecule has 0 amide bonds. The van der Waals surface area contributed by atoms with E-state index < -0.39 is 0 Å². The topological polar surface area (TPSA) is 39.5 Å². The van der Waals surface area contributed by atoms with Crippen molar-refractivity contribution in [3.8, 4) is 0 Å². The molecule has 0 heterocycles. The molecule has 5 heteroatoms. The van der Waals surface area contributed by atoms with Gasteiger partial charge in [-0.05, 0) is 5.56 Å². The highest BCUT2D eigenvalue weighted by molar-refractivity contribution is 14.0. The fourth-order valence-electron chi connectivity index (χ4n) is 0.747. The first-order chi connectivity index (χ1) is 6.20. The van der Waals surface area contributed by atoms with Crippen LogP contribution in [0.1, 0.15) is 5.56 Å². The molecule has 1 N–H and O–H groups in total. The summed E-state index contributed by atoms with van der Waals surface area (Å²) in [5.41, 5.74) is 1.00. The molecular weight excluding hydrogens is 309 g/mol. The van der Waals surface area contributed by atoms with E-state index in [1.807, 2.05) is 30.3 Å². The molecule has 0 bridgehead atoms. The average molecular weight is 321 g/mol. The van der Waals surface area contributed by atoms with Gasteiger partial charge in [-0.15, -0.1) is 36.6 Å². The Labute approximate surface area is 106 Å². The van der Waals surface area contributed by atoms with Crippen LogP contribution in [0.4, 0.5) is 0 Å². The third-order valence-corrected chi connectivity index (χ3v) is 1.78. The van der Waals surface area contributed by atoms with Crippen molar-refractivity contribution in [1.82, 2.24) is 5.01 Å². The molecule has 0 fully saturated rings. The first kappa shape index (κ1) is 13.4. The van der Waals surface area contributed by atoms with Crippen molar-refractivity contribution in [3.63, 3.8) is 0 Å². The number of rotatable bonds is 2. The van der Waals surface area contributed by atoms with Gasteiger partial charge in [0.25, 0.3) is 0 Å². The maximum atomic E-state index is 7.14. The molecule has 0 atom stereocenters. The monoisotopic (exact) mass is 321 g/mol. The van der Waals surface area contributed by atoms with Crippen LogP contribution in [0.5, 0.6) is 0 Å². The Balaban J connectivity index is 0.00000169. The number of benzene rings is 1. The first-order valence-corrected chi connectivity index (χ1v) is 4.25. The van der Waals surface area contributed by atoms with E-state index >= 15 is 0 Å². The molecule has 3 nitrogen and oxygen atoms in total. The Morgan fingerprint density at radius 1 is 1.43 bits per heavy atom. The molecule has 0 saturated heterocycles. The van der Waals surface area contributed by atoms with Crippen molar-refractivity contribution in [3.05, 3.63) is 35.9 Å². The number of hydrazone groups is 1. The third-order valence-electron chi connectivity index (χ3n) is 1.49. The number of thiol groups is 1. The van der Waals surface area contributed by atoms with Crippen LogP contribution < -0.4 is 0 Å². The lowest BCUT2D eigenvalue weighted by Crippen LogP contribution is -2.14. The van der Waals surface area contributed by atoms with Gasteiger partial charge in [-0.1, -0.05) is 30.3 Å². The van der Waals surface area contributed by atoms with Gasteiger partial charge in [0.1, 0.15) is 0 Å². The third kappa shape index (κ3) is 4.61. The van der Waals surface area contributed by atoms with Crippen LogP contribution in [-0.2, 0) is 0 Å². The summed E-state index contributed by atoms with van der Waals surface area (Å²) in [5, 5.41) is 12.6. The van der Waals surface area contributed by atoms with Gasteiger partial charge in [0.05, 0.1) is 6.21 Å². The van der Waals surface area contributed by atoms with Crippen molar-refractivity contribution in [2.75, 3.05) is 7.05 Å². The molecule has 1 aromatic rings. The largest absolute Gasteiger partial charge is 0.277 e. The molecule has 0 spiro atoms. The molecule has 0 aliphatic heterocycles. The highest BCUT2D eigenvalue weighted by Crippen LogP contribution is 1.96. The quantitative estimate of drug-likeness (QED) is 0.284. The van der Waals surface area contributed by atoms with Gasteiger partial charge in [-0.3, -0.25) is 5.41 Å². The summed E-state index contributed by atoms with van der Waals surface area (Å²) in [7, 11) is 1.68. The van der Waals surface area contributed by atoms with Gasteiger partial charge in [-0.2, -0.15) is 5.10 Å². The molecular formula is C9H12IN3S. The Morgan fingerprint density at radius 3 is 2.50 bits per heavy atom. The molecule has 0 aromatic heterocycles. The molecule has 1 aromatic carbocycles. The lowest BCUT2D eigenvalue weighted by atomic mass is 10.2. The first-order valence-electron chi connectivity index (χ1n) is 3.80. The summed E-state index contributed by atoms with van der Waals surface area (Å²) in [5.74, 6) is 0. The zero-order valence-electron chi connectivity index (χ0n) is 7.71. The van der Waals surface area contributed by atoms with Gasteiger partial charge in [-0.25, -0.2) is 5.01 Å². The van der Waals surface area contributed by atoms with Crippen LogP contribution in [0.25, 0.3) is 0 Å². The summed E-state index contributed by atoms with van der Waals surface area (Å²) in [6.07, 6.45) is 1.69. The van der Waals surface area contributed by atoms with Crippen molar-refractivity contribution in [1.29, 1.82) is 5.41 Å². The fourth-order valence-corrected chi connectivity index (χ4v) is 0.799. The predicted octanol–water partition coefficient (Wildman–Crippen LogP) is 2.43. The molecule has 1 rings (SSSR count). The van der Waals surface area contributed by atoms with Gasteiger partial charge in [0.2, 0.25) is 0 Å². The molecule has 0 saturated carbocycles. The van der Waals surface area contributed by atoms with Crippen LogP contribution in [0.3, 0.4) is 0 Å². The normalized spacial score (nSPS) is 9.57. The van der Waals surface area contributed by atoms with Gasteiger partial charge in [0, 0.05) is 7.05 Å². The van der Waals surface area contributed by atoms with Gasteiger partial charge in [0.15, 0.2) is 5.17 Å². The summed E-state index contributed by atoms with van der Waals surface area (Å²) in [6.45, 7) is 0. The van der Waals surface area contributed by atoms with E-state index in [0.29, 0.717) is 0 Å². The van der Waals surface area contributed by atoms with E-state index in [1.165, 1.54) is 5.01 Å². The summed E-state index contributed by atoms with van der Waals surface area (Å²) in [4.78, 5) is 0. The summed E-state index contributed by atoms with van der Waals surface area (Å²) >= 11 is 3.83. The standard InChI is InChI=1S/C9H11N3S.HI/c1-12(9(10)13)11-7-8-5-3-2-4-6-8;/h2-7H,1H3,(H2,10,13);1H/b11-7+;. The van der Waals surface area contributed by atoms with Crippen molar-refractivity contribution in [2.24, 2.45) is 5.10 Å². The van der Waals surface area contributed by atoms with Crippen LogP contribution in [0.2, 0.25) is 0 Å². The lowest BCUT2D eigenvalue weighted by molar-refractivity contribution is 0.556. The fraction of sp³-hybridized carbons (Fsp3) is 0.111. The van der Waals surface area contributed by atoms with Crippen LogP contribution in [-0.4, -0.2) is 23.4 Å². The molecule has 76 valence electrons. The van der Waals surface area contributed by atoms with Crippen molar-refractivity contribution >= 4 is 48.0 Å². The second-order valence-electron chi connectivity index (χ2n) is 2.50. The van der Waals surface area contributed by atoms with Gasteiger partial charge < -0.3 is 0 Å². The summed E-state index contributed by atoms with van der Waals surface area (Å²) < 4.78 is 0. The minimum absolute atomic E-state index is 0. The number of hydrogen-bond donors (Lipinski definition) is 2. The lowest BCUT2D eigenvalue weighted by Gasteiger charge is -2.07. The van der Waals surface area contributed by atoms with E-state index in [1.54, 1.807) is 13.3 Å². The Kier molecular flexibility index (Phi) is 6.56. The van der Waals surface area contributed by atoms with E-state index in [9.17, 15) is 0 Å². The predicted molar refractivity (Wildman–Crippen MR) is 73.9 cm³/mol. The van der Waals surface area contributed by atoms with E-state index in [4.69, 9.17) is 5.41 Å². The van der Waals surface area contributed by atoms with Gasteiger partial charge >= 0.3 is 0 Å². The van der Waals surface area contributed by atoms with E-state index in [2.05, 4.69) is 17.7 Å². The van der Waals surface area contributed by atoms with E-state index in [0.717, 1.165) is 5.56 Å². The SMILES string of the molecule is CN(/N=C/c1ccccc1)C(=N)S.I. The molecule has 0 aliphatic rings. The zero-order chi connectivity index (χ0) is 9.68. The maximum absolute atomic E-state index is 7.14. The average Bonchev–Trinajstić information content (AvgIpc) is 2.15. The molecule has 14 heavy (non-hydrogen) atoms. The molecule has 0 aliphatic carbocycles. The smallest absolute Gasteiger partial charge is 0.173 e. The number of halogens is 1. The second kappa shape index (κ2) is 6.83. The maximum Gasteiger partial charge on any atom is 0.173 e. The van der Waals surface area contributed by atoms with E-state index in [-0.39, 0.29) is 29.1 Å². The number of hydrogen-bond acceptors (Lipinski definition) is 2. The van der Waals surface area contributed by atoms with Crippen molar-refractivity contribution < 1.29 is 0 Å². The van der Waals surface area contributed by atoms with Crippen LogP contribution in [0.15, 0.2) is 35.4 Å². The molecule has 0 unspecified atom stereocenters. The summed E-state index contributed by atoms with van der Waals surface area (Å²) in [6, 6.07) is 9.71. The minimum atomic E-state index is 0. The van der Waals surface area contributed by atoms with Crippen molar-refractivity contribution in [2.45, 2.75) is 0 Å². The van der Waals surface area contributed by atoms with Crippen LogP contribution >= 0.6 is 36.6 Å². The Hall–Kier alpha value is -0.560. The van der Waals surface area contributed by atoms with Crippen LogP contribution in [0, 0.1) is 5.41 Å².